The Hall–Kier alpha value is -2.08. The number of nitrogens with one attached hydrogen (secondary N) is 1. The van der Waals surface area contributed by atoms with E-state index in [9.17, 15) is 9.59 Å². The van der Waals surface area contributed by atoms with Crippen LogP contribution in [0.1, 0.15) is 31.4 Å². The molecule has 1 aliphatic rings. The number of rotatable bonds is 4. The monoisotopic (exact) mass is 333 g/mol. The lowest BCUT2D eigenvalue weighted by Crippen LogP contribution is -2.45. The minimum absolute atomic E-state index is 0.00936. The maximum Gasteiger partial charge on any atom is 0.319 e. The molecule has 0 saturated carbocycles. The first-order chi connectivity index (χ1) is 11.4. The molecule has 3 amide bonds. The fourth-order valence-electron chi connectivity index (χ4n) is 2.87. The molecule has 1 heterocycles. The molecule has 1 aromatic carbocycles. The summed E-state index contributed by atoms with van der Waals surface area (Å²) in [6.45, 7) is 3.21. The summed E-state index contributed by atoms with van der Waals surface area (Å²) in [6.07, 6.45) is 1.38. The van der Waals surface area contributed by atoms with Crippen molar-refractivity contribution < 1.29 is 14.3 Å². The molecule has 0 aliphatic carbocycles. The summed E-state index contributed by atoms with van der Waals surface area (Å²) in [4.78, 5) is 27.8. The largest absolute Gasteiger partial charge is 0.377 e. The molecule has 1 atom stereocenters. The van der Waals surface area contributed by atoms with E-state index in [1.807, 2.05) is 31.2 Å². The van der Waals surface area contributed by atoms with Gasteiger partial charge in [-0.15, -0.1) is 0 Å². The van der Waals surface area contributed by atoms with Crippen molar-refractivity contribution in [3.63, 3.8) is 0 Å². The number of hydrogen-bond acceptors (Lipinski definition) is 3. The highest BCUT2D eigenvalue weighted by Crippen LogP contribution is 2.23. The minimum Gasteiger partial charge on any atom is -0.377 e. The fourth-order valence-corrected chi connectivity index (χ4v) is 2.87. The third-order valence-corrected chi connectivity index (χ3v) is 4.50. The van der Waals surface area contributed by atoms with Gasteiger partial charge < -0.3 is 19.9 Å². The summed E-state index contributed by atoms with van der Waals surface area (Å²) in [5, 5.41) is 2.99. The number of ether oxygens (including phenoxy) is 1. The van der Waals surface area contributed by atoms with E-state index in [4.69, 9.17) is 4.74 Å². The third-order valence-electron chi connectivity index (χ3n) is 4.50. The summed E-state index contributed by atoms with van der Waals surface area (Å²) >= 11 is 0. The summed E-state index contributed by atoms with van der Waals surface area (Å²) in [6, 6.07) is 7.73. The van der Waals surface area contributed by atoms with E-state index in [-0.39, 0.29) is 24.0 Å². The van der Waals surface area contributed by atoms with Crippen LogP contribution in [0, 0.1) is 5.92 Å². The molecule has 1 fully saturated rings. The van der Waals surface area contributed by atoms with E-state index in [1.165, 1.54) is 0 Å². The molecule has 1 aliphatic heterocycles. The number of nitrogens with zero attached hydrogens (tertiary/aromatic N) is 2. The molecule has 6 nitrogen and oxygen atoms in total. The average molecular weight is 333 g/mol. The van der Waals surface area contributed by atoms with Crippen molar-refractivity contribution in [2.24, 2.45) is 5.92 Å². The molecule has 0 spiro atoms. The van der Waals surface area contributed by atoms with Crippen molar-refractivity contribution in [1.82, 2.24) is 9.80 Å². The second kappa shape index (κ2) is 8.15. The number of carbonyl (C=O) groups excluding carboxylic acids is 2. The van der Waals surface area contributed by atoms with Gasteiger partial charge in [-0.1, -0.05) is 12.1 Å². The average Bonchev–Trinajstić information content (AvgIpc) is 2.60. The Kier molecular flexibility index (Phi) is 6.20. The van der Waals surface area contributed by atoms with E-state index in [0.29, 0.717) is 25.9 Å². The predicted octanol–water partition coefficient (Wildman–Crippen LogP) is 2.73. The molecule has 132 valence electrons. The zero-order chi connectivity index (χ0) is 17.7. The number of anilines is 1. The van der Waals surface area contributed by atoms with Crippen LogP contribution in [0.5, 0.6) is 0 Å². The summed E-state index contributed by atoms with van der Waals surface area (Å²) in [7, 11) is 5.16. The third kappa shape index (κ3) is 4.47. The maximum atomic E-state index is 12.5. The van der Waals surface area contributed by atoms with Gasteiger partial charge in [-0.3, -0.25) is 4.79 Å². The lowest BCUT2D eigenvalue weighted by molar-refractivity contribution is -0.121. The number of amides is 3. The SMILES string of the molecule is CO[C@@H](C)c1cccc(NC(=O)C2CCN(C(=O)N(C)C)CC2)c1. The number of piperidine rings is 1. The smallest absolute Gasteiger partial charge is 0.319 e. The first-order valence-corrected chi connectivity index (χ1v) is 8.32. The predicted molar refractivity (Wildman–Crippen MR) is 93.9 cm³/mol. The van der Waals surface area contributed by atoms with Gasteiger partial charge >= 0.3 is 6.03 Å². The maximum absolute atomic E-state index is 12.5. The highest BCUT2D eigenvalue weighted by Gasteiger charge is 2.28. The molecule has 6 heteroatoms. The van der Waals surface area contributed by atoms with Gasteiger partial charge in [0.1, 0.15) is 0 Å². The van der Waals surface area contributed by atoms with Gasteiger partial charge in [0.05, 0.1) is 6.10 Å². The van der Waals surface area contributed by atoms with Gasteiger partial charge in [0.15, 0.2) is 0 Å². The zero-order valence-corrected chi connectivity index (χ0v) is 14.9. The molecule has 24 heavy (non-hydrogen) atoms. The first kappa shape index (κ1) is 18.3. The van der Waals surface area contributed by atoms with Gasteiger partial charge in [0.2, 0.25) is 5.91 Å². The van der Waals surface area contributed by atoms with E-state index in [1.54, 1.807) is 31.0 Å². The van der Waals surface area contributed by atoms with Crippen molar-refractivity contribution in [3.05, 3.63) is 29.8 Å². The van der Waals surface area contributed by atoms with Crippen LogP contribution in [0.3, 0.4) is 0 Å². The fraction of sp³-hybridized carbons (Fsp3) is 0.556. The molecular formula is C18H27N3O3. The Morgan fingerprint density at radius 3 is 2.54 bits per heavy atom. The van der Waals surface area contributed by atoms with Gasteiger partial charge in [0, 0.05) is 45.9 Å². The lowest BCUT2D eigenvalue weighted by atomic mass is 9.96. The molecule has 0 aromatic heterocycles. The molecule has 1 saturated heterocycles. The molecule has 0 bridgehead atoms. The van der Waals surface area contributed by atoms with Crippen molar-refractivity contribution in [1.29, 1.82) is 0 Å². The van der Waals surface area contributed by atoms with Crippen molar-refractivity contribution in [3.8, 4) is 0 Å². The Morgan fingerprint density at radius 1 is 1.29 bits per heavy atom. The van der Waals surface area contributed by atoms with Gasteiger partial charge in [-0.25, -0.2) is 4.79 Å². The molecule has 1 N–H and O–H groups in total. The molecular weight excluding hydrogens is 306 g/mol. The van der Waals surface area contributed by atoms with Gasteiger partial charge in [-0.2, -0.15) is 0 Å². The first-order valence-electron chi connectivity index (χ1n) is 8.32. The molecule has 1 aromatic rings. The summed E-state index contributed by atoms with van der Waals surface area (Å²) < 4.78 is 5.31. The second-order valence-corrected chi connectivity index (χ2v) is 6.43. The van der Waals surface area contributed by atoms with Crippen molar-refractivity contribution in [2.45, 2.75) is 25.9 Å². The van der Waals surface area contributed by atoms with Gasteiger partial charge in [-0.05, 0) is 37.5 Å². The van der Waals surface area contributed by atoms with Crippen LogP contribution in [0.2, 0.25) is 0 Å². The van der Waals surface area contributed by atoms with Crippen molar-refractivity contribution in [2.75, 3.05) is 39.6 Å². The highest BCUT2D eigenvalue weighted by molar-refractivity contribution is 5.92. The van der Waals surface area contributed by atoms with E-state index >= 15 is 0 Å². The number of carbonyl (C=O) groups is 2. The van der Waals surface area contributed by atoms with E-state index < -0.39 is 0 Å². The number of benzene rings is 1. The molecule has 0 radical (unpaired) electrons. The summed E-state index contributed by atoms with van der Waals surface area (Å²) in [5.41, 5.74) is 1.81. The number of hydrogen-bond donors (Lipinski definition) is 1. The highest BCUT2D eigenvalue weighted by atomic mass is 16.5. The van der Waals surface area contributed by atoms with Crippen LogP contribution in [-0.2, 0) is 9.53 Å². The van der Waals surface area contributed by atoms with E-state index in [0.717, 1.165) is 11.3 Å². The quantitative estimate of drug-likeness (QED) is 0.921. The normalized spacial score (nSPS) is 16.6. The van der Waals surface area contributed by atoms with E-state index in [2.05, 4.69) is 5.32 Å². The Labute approximate surface area is 143 Å². The number of likely N-dealkylation sites (tertiary alicyclic amines) is 1. The number of methoxy groups -OCH3 is 1. The lowest BCUT2D eigenvalue weighted by Gasteiger charge is -2.33. The number of urea groups is 1. The van der Waals surface area contributed by atoms with Crippen LogP contribution in [-0.4, -0.2) is 56.0 Å². The topological polar surface area (TPSA) is 61.9 Å². The standard InChI is InChI=1S/C18H27N3O3/c1-13(24-4)15-6-5-7-16(12-15)19-17(22)14-8-10-21(11-9-14)18(23)20(2)3/h5-7,12-14H,8-11H2,1-4H3,(H,19,22)/t13-/m0/s1. The van der Waals surface area contributed by atoms with Crippen LogP contribution < -0.4 is 5.32 Å². The van der Waals surface area contributed by atoms with Crippen LogP contribution >= 0.6 is 0 Å². The summed E-state index contributed by atoms with van der Waals surface area (Å²) in [5.74, 6) is -0.0334. The Balaban J connectivity index is 1.91. The second-order valence-electron chi connectivity index (χ2n) is 6.43. The zero-order valence-electron chi connectivity index (χ0n) is 14.9. The minimum atomic E-state index is -0.0558. The molecule has 2 rings (SSSR count). The molecule has 0 unspecified atom stereocenters. The Bertz CT molecular complexity index is 581. The van der Waals surface area contributed by atoms with Crippen LogP contribution in [0.15, 0.2) is 24.3 Å². The van der Waals surface area contributed by atoms with Crippen molar-refractivity contribution >= 4 is 17.6 Å². The van der Waals surface area contributed by atoms with Crippen LogP contribution in [0.25, 0.3) is 0 Å². The Morgan fingerprint density at radius 2 is 1.96 bits per heavy atom. The van der Waals surface area contributed by atoms with Crippen LogP contribution in [0.4, 0.5) is 10.5 Å². The van der Waals surface area contributed by atoms with Gasteiger partial charge in [0.25, 0.3) is 0 Å².